The molecule has 0 aromatic heterocycles. The summed E-state index contributed by atoms with van der Waals surface area (Å²) in [5, 5.41) is 11.5. The molecule has 7 nitrogen and oxygen atoms in total. The van der Waals surface area contributed by atoms with Crippen molar-refractivity contribution in [3.63, 3.8) is 0 Å². The topological polar surface area (TPSA) is 113 Å². The normalized spacial score (nSPS) is 17.3. The van der Waals surface area contributed by atoms with Gasteiger partial charge in [0.15, 0.2) is 0 Å². The van der Waals surface area contributed by atoms with Crippen molar-refractivity contribution in [2.45, 2.75) is 43.7 Å². The number of carboxylic acids is 1. The Balaban J connectivity index is 2.04. The fourth-order valence-electron chi connectivity index (χ4n) is 1.90. The molecule has 23 heavy (non-hydrogen) atoms. The number of carbonyl (C=O) groups is 2. The van der Waals surface area contributed by atoms with Gasteiger partial charge in [-0.1, -0.05) is 0 Å². The third-order valence-corrected chi connectivity index (χ3v) is 5.36. The molecule has 126 valence electrons. The standard InChI is InChI=1S/C15H20N2O5S/c1-9(15(19)20)10(2)16-14(18)11-3-7-13(8-4-11)23(21,22)17-12-5-6-12/h3-4,7-10,12,17H,5-6H2,1-2H3,(H,16,18)(H,19,20). The maximum absolute atomic E-state index is 12.1. The second-order valence-corrected chi connectivity index (χ2v) is 7.52. The maximum Gasteiger partial charge on any atom is 0.308 e. The SMILES string of the molecule is CC(NC(=O)c1ccc(S(=O)(=O)NC2CC2)cc1)C(C)C(=O)O. The molecule has 1 aromatic rings. The first-order chi connectivity index (χ1) is 10.7. The molecule has 2 unspecified atom stereocenters. The summed E-state index contributed by atoms with van der Waals surface area (Å²) in [5.41, 5.74) is 0.278. The molecule has 3 N–H and O–H groups in total. The zero-order valence-corrected chi connectivity index (χ0v) is 13.8. The Morgan fingerprint density at radius 2 is 1.74 bits per heavy atom. The summed E-state index contributed by atoms with van der Waals surface area (Å²) in [6.07, 6.45) is 1.69. The van der Waals surface area contributed by atoms with Crippen LogP contribution in [0, 0.1) is 5.92 Å². The molecular formula is C15H20N2O5S. The van der Waals surface area contributed by atoms with Crippen LogP contribution in [0.25, 0.3) is 0 Å². The van der Waals surface area contributed by atoms with Gasteiger partial charge in [-0.3, -0.25) is 9.59 Å². The van der Waals surface area contributed by atoms with Crippen LogP contribution in [-0.4, -0.2) is 37.5 Å². The highest BCUT2D eigenvalue weighted by atomic mass is 32.2. The molecular weight excluding hydrogens is 320 g/mol. The number of aliphatic carboxylic acids is 1. The van der Waals surface area contributed by atoms with Crippen molar-refractivity contribution < 1.29 is 23.1 Å². The Kier molecular flexibility index (Phi) is 5.06. The van der Waals surface area contributed by atoms with Crippen LogP contribution in [0.4, 0.5) is 0 Å². The molecule has 0 spiro atoms. The highest BCUT2D eigenvalue weighted by Gasteiger charge is 2.28. The van der Waals surface area contributed by atoms with Gasteiger partial charge in [-0.2, -0.15) is 0 Å². The fourth-order valence-corrected chi connectivity index (χ4v) is 3.21. The Morgan fingerprint density at radius 1 is 1.17 bits per heavy atom. The number of hydrogen-bond acceptors (Lipinski definition) is 4. The van der Waals surface area contributed by atoms with Crippen LogP contribution >= 0.6 is 0 Å². The minimum atomic E-state index is -3.55. The Hall–Kier alpha value is -1.93. The van der Waals surface area contributed by atoms with Gasteiger partial charge in [0, 0.05) is 17.6 Å². The van der Waals surface area contributed by atoms with Crippen molar-refractivity contribution in [1.82, 2.24) is 10.0 Å². The van der Waals surface area contributed by atoms with Gasteiger partial charge in [0.1, 0.15) is 0 Å². The molecule has 1 saturated carbocycles. The second-order valence-electron chi connectivity index (χ2n) is 5.81. The van der Waals surface area contributed by atoms with Crippen LogP contribution < -0.4 is 10.0 Å². The number of sulfonamides is 1. The minimum Gasteiger partial charge on any atom is -0.481 e. The summed E-state index contributed by atoms with van der Waals surface area (Å²) in [7, 11) is -3.55. The van der Waals surface area contributed by atoms with E-state index in [0.29, 0.717) is 0 Å². The number of benzene rings is 1. The van der Waals surface area contributed by atoms with E-state index in [9.17, 15) is 18.0 Å². The van der Waals surface area contributed by atoms with E-state index in [2.05, 4.69) is 10.0 Å². The van der Waals surface area contributed by atoms with Gasteiger partial charge < -0.3 is 10.4 Å². The third-order valence-electron chi connectivity index (χ3n) is 3.82. The molecule has 8 heteroatoms. The van der Waals surface area contributed by atoms with Crippen LogP contribution in [0.15, 0.2) is 29.2 Å². The van der Waals surface area contributed by atoms with Gasteiger partial charge in [-0.25, -0.2) is 13.1 Å². The van der Waals surface area contributed by atoms with Gasteiger partial charge >= 0.3 is 5.97 Å². The first-order valence-electron chi connectivity index (χ1n) is 7.37. The second kappa shape index (κ2) is 6.67. The predicted octanol–water partition coefficient (Wildman–Crippen LogP) is 0.966. The molecule has 1 aliphatic rings. The van der Waals surface area contributed by atoms with E-state index in [1.54, 1.807) is 6.92 Å². The lowest BCUT2D eigenvalue weighted by molar-refractivity contribution is -0.141. The third kappa shape index (κ3) is 4.52. The molecule has 0 bridgehead atoms. The molecule has 1 aliphatic carbocycles. The summed E-state index contributed by atoms with van der Waals surface area (Å²) in [6, 6.07) is 5.03. The molecule has 0 aliphatic heterocycles. The number of hydrogen-bond donors (Lipinski definition) is 3. The molecule has 1 fully saturated rings. The largest absolute Gasteiger partial charge is 0.481 e. The first kappa shape index (κ1) is 17.4. The average Bonchev–Trinajstić information content (AvgIpc) is 3.29. The van der Waals surface area contributed by atoms with E-state index < -0.39 is 33.9 Å². The van der Waals surface area contributed by atoms with E-state index in [0.717, 1.165) is 12.8 Å². The van der Waals surface area contributed by atoms with E-state index in [-0.39, 0.29) is 16.5 Å². The van der Waals surface area contributed by atoms with Crippen LogP contribution in [0.1, 0.15) is 37.0 Å². The Labute approximate surface area is 135 Å². The van der Waals surface area contributed by atoms with Gasteiger partial charge in [0.05, 0.1) is 10.8 Å². The minimum absolute atomic E-state index is 0.0151. The van der Waals surface area contributed by atoms with Crippen molar-refractivity contribution in [3.05, 3.63) is 29.8 Å². The smallest absolute Gasteiger partial charge is 0.308 e. The van der Waals surface area contributed by atoms with Crippen LogP contribution in [0.3, 0.4) is 0 Å². The maximum atomic E-state index is 12.1. The molecule has 0 radical (unpaired) electrons. The average molecular weight is 340 g/mol. The summed E-state index contributed by atoms with van der Waals surface area (Å²) >= 11 is 0. The predicted molar refractivity (Wildman–Crippen MR) is 83.5 cm³/mol. The van der Waals surface area contributed by atoms with Crippen molar-refractivity contribution in [2.75, 3.05) is 0 Å². The van der Waals surface area contributed by atoms with E-state index in [1.807, 2.05) is 0 Å². The lowest BCUT2D eigenvalue weighted by Gasteiger charge is -2.17. The fraction of sp³-hybridized carbons (Fsp3) is 0.467. The van der Waals surface area contributed by atoms with Crippen LogP contribution in [-0.2, 0) is 14.8 Å². The number of carboxylic acid groups (broad SMARTS) is 1. The van der Waals surface area contributed by atoms with Crippen molar-refractivity contribution >= 4 is 21.9 Å². The summed E-state index contributed by atoms with van der Waals surface area (Å²) < 4.78 is 26.6. The quantitative estimate of drug-likeness (QED) is 0.684. The Bertz CT molecular complexity index is 695. The van der Waals surface area contributed by atoms with E-state index in [1.165, 1.54) is 31.2 Å². The number of carbonyl (C=O) groups excluding carboxylic acids is 1. The zero-order chi connectivity index (χ0) is 17.2. The molecule has 2 rings (SSSR count). The Morgan fingerprint density at radius 3 is 2.22 bits per heavy atom. The highest BCUT2D eigenvalue weighted by Crippen LogP contribution is 2.22. The van der Waals surface area contributed by atoms with Gasteiger partial charge in [0.25, 0.3) is 5.91 Å². The molecule has 0 heterocycles. The summed E-state index contributed by atoms with van der Waals surface area (Å²) in [4.78, 5) is 23.0. The van der Waals surface area contributed by atoms with E-state index >= 15 is 0 Å². The molecule has 0 saturated heterocycles. The van der Waals surface area contributed by atoms with Crippen molar-refractivity contribution in [1.29, 1.82) is 0 Å². The molecule has 1 amide bonds. The highest BCUT2D eigenvalue weighted by molar-refractivity contribution is 7.89. The van der Waals surface area contributed by atoms with Gasteiger partial charge in [-0.15, -0.1) is 0 Å². The summed E-state index contributed by atoms with van der Waals surface area (Å²) in [6.45, 7) is 3.11. The van der Waals surface area contributed by atoms with Crippen LogP contribution in [0.5, 0.6) is 0 Å². The number of amides is 1. The van der Waals surface area contributed by atoms with Gasteiger partial charge in [0.2, 0.25) is 10.0 Å². The summed E-state index contributed by atoms with van der Waals surface area (Å²) in [5.74, 6) is -2.16. The lowest BCUT2D eigenvalue weighted by Crippen LogP contribution is -2.40. The lowest BCUT2D eigenvalue weighted by atomic mass is 10.0. The van der Waals surface area contributed by atoms with Crippen molar-refractivity contribution in [2.24, 2.45) is 5.92 Å². The molecule has 2 atom stereocenters. The molecule has 1 aromatic carbocycles. The first-order valence-corrected chi connectivity index (χ1v) is 8.85. The van der Waals surface area contributed by atoms with Gasteiger partial charge in [-0.05, 0) is 51.0 Å². The monoisotopic (exact) mass is 340 g/mol. The van der Waals surface area contributed by atoms with Crippen LogP contribution in [0.2, 0.25) is 0 Å². The van der Waals surface area contributed by atoms with Crippen molar-refractivity contribution in [3.8, 4) is 0 Å². The van der Waals surface area contributed by atoms with E-state index in [4.69, 9.17) is 5.11 Å². The number of nitrogens with one attached hydrogen (secondary N) is 2. The zero-order valence-electron chi connectivity index (χ0n) is 12.9. The number of rotatable bonds is 7.